The lowest BCUT2D eigenvalue weighted by atomic mass is 9.77. The molecule has 2 aliphatic rings. The summed E-state index contributed by atoms with van der Waals surface area (Å²) < 4.78 is 0. The average molecular weight is 333 g/mol. The molecule has 0 saturated heterocycles. The summed E-state index contributed by atoms with van der Waals surface area (Å²) in [7, 11) is 0. The number of rotatable bonds is 3. The minimum absolute atomic E-state index is 0.283. The van der Waals surface area contributed by atoms with Crippen LogP contribution >= 0.6 is 0 Å². The van der Waals surface area contributed by atoms with Crippen molar-refractivity contribution >= 4 is 16.7 Å². The van der Waals surface area contributed by atoms with Gasteiger partial charge in [0.05, 0.1) is 22.8 Å². The van der Waals surface area contributed by atoms with Gasteiger partial charge < -0.3 is 10.3 Å². The Balaban J connectivity index is 0.000000880. The van der Waals surface area contributed by atoms with Crippen molar-refractivity contribution in [3.63, 3.8) is 0 Å². The maximum Gasteiger partial charge on any atom is 0.0900 e. The van der Waals surface area contributed by atoms with Crippen LogP contribution in [0.5, 0.6) is 0 Å². The molecule has 0 radical (unpaired) electrons. The Hall–Kier alpha value is -2.55. The molecule has 3 heterocycles. The van der Waals surface area contributed by atoms with Crippen LogP contribution in [-0.2, 0) is 0 Å². The number of allylic oxidation sites excluding steroid dienone is 5. The van der Waals surface area contributed by atoms with Crippen molar-refractivity contribution in [3.05, 3.63) is 72.6 Å². The Kier molecular flexibility index (Phi) is 5.22. The number of pyridine rings is 1. The highest BCUT2D eigenvalue weighted by Crippen LogP contribution is 2.47. The van der Waals surface area contributed by atoms with Gasteiger partial charge in [-0.25, -0.2) is 0 Å². The fourth-order valence-corrected chi connectivity index (χ4v) is 3.96. The SMILES string of the molecule is C=C/C=C(\C=C/C)C1Nc2c(cnc3cc[nH]c23)C2C=CCC12.CC. The van der Waals surface area contributed by atoms with E-state index in [9.17, 15) is 0 Å². The molecule has 1 aliphatic heterocycles. The summed E-state index contributed by atoms with van der Waals surface area (Å²) in [4.78, 5) is 7.95. The molecule has 0 bridgehead atoms. The minimum atomic E-state index is 0.283. The predicted molar refractivity (Wildman–Crippen MR) is 108 cm³/mol. The van der Waals surface area contributed by atoms with Crippen LogP contribution in [0.1, 0.15) is 38.7 Å². The molecular formula is C22H27N3. The van der Waals surface area contributed by atoms with Gasteiger partial charge in [-0.1, -0.05) is 56.9 Å². The van der Waals surface area contributed by atoms with Gasteiger partial charge >= 0.3 is 0 Å². The summed E-state index contributed by atoms with van der Waals surface area (Å²) >= 11 is 0. The van der Waals surface area contributed by atoms with Crippen LogP contribution in [0.25, 0.3) is 11.0 Å². The molecule has 1 aliphatic carbocycles. The molecular weight excluding hydrogens is 306 g/mol. The Morgan fingerprint density at radius 3 is 2.96 bits per heavy atom. The number of hydrogen-bond donors (Lipinski definition) is 2. The third kappa shape index (κ3) is 2.95. The maximum atomic E-state index is 4.61. The van der Waals surface area contributed by atoms with Crippen molar-refractivity contribution in [3.8, 4) is 0 Å². The van der Waals surface area contributed by atoms with Gasteiger partial charge in [-0.3, -0.25) is 4.98 Å². The quantitative estimate of drug-likeness (QED) is 0.556. The van der Waals surface area contributed by atoms with E-state index in [4.69, 9.17) is 0 Å². The van der Waals surface area contributed by atoms with Crippen LogP contribution in [0.15, 0.2) is 67.1 Å². The van der Waals surface area contributed by atoms with Crippen LogP contribution in [0.2, 0.25) is 0 Å². The molecule has 0 spiro atoms. The van der Waals surface area contributed by atoms with Crippen LogP contribution in [0.4, 0.5) is 5.69 Å². The standard InChI is InChI=1S/C20H21N3.C2H6/c1-3-6-13(7-4-2)18-15-9-5-8-14(15)16-12-22-17-10-11-21-20(17)19(16)23-18;1-2/h3-8,10-12,14-15,18,21,23H,1,9H2,2H3;1-2H3/b7-4-,13-6+;. The van der Waals surface area contributed by atoms with Gasteiger partial charge in [0.2, 0.25) is 0 Å². The lowest BCUT2D eigenvalue weighted by molar-refractivity contribution is 0.455. The van der Waals surface area contributed by atoms with Gasteiger partial charge in [-0.2, -0.15) is 0 Å². The fraction of sp³-hybridized carbons (Fsp3) is 0.318. The second-order valence-electron chi connectivity index (χ2n) is 6.20. The monoisotopic (exact) mass is 333 g/mol. The van der Waals surface area contributed by atoms with E-state index in [1.807, 2.05) is 38.4 Å². The summed E-state index contributed by atoms with van der Waals surface area (Å²) in [6.07, 6.45) is 18.0. The molecule has 2 aromatic heterocycles. The van der Waals surface area contributed by atoms with Gasteiger partial charge in [0.1, 0.15) is 0 Å². The molecule has 4 rings (SSSR count). The van der Waals surface area contributed by atoms with Crippen molar-refractivity contribution in [1.29, 1.82) is 0 Å². The number of hydrogen-bond acceptors (Lipinski definition) is 2. The number of aromatic nitrogens is 2. The highest BCUT2D eigenvalue weighted by Gasteiger charge is 2.39. The molecule has 25 heavy (non-hydrogen) atoms. The highest BCUT2D eigenvalue weighted by molar-refractivity contribution is 5.91. The van der Waals surface area contributed by atoms with E-state index in [0.717, 1.165) is 17.5 Å². The molecule has 3 atom stereocenters. The first-order valence-electron chi connectivity index (χ1n) is 9.18. The largest absolute Gasteiger partial charge is 0.376 e. The summed E-state index contributed by atoms with van der Waals surface area (Å²) in [5, 5.41) is 3.79. The van der Waals surface area contributed by atoms with E-state index in [0.29, 0.717) is 11.8 Å². The molecule has 3 unspecified atom stereocenters. The number of aromatic amines is 1. The summed E-state index contributed by atoms with van der Waals surface area (Å²) in [6.45, 7) is 9.94. The van der Waals surface area contributed by atoms with Gasteiger partial charge in [0.15, 0.2) is 0 Å². The van der Waals surface area contributed by atoms with E-state index in [2.05, 4.69) is 59.2 Å². The van der Waals surface area contributed by atoms with Crippen molar-refractivity contribution < 1.29 is 0 Å². The number of nitrogens with one attached hydrogen (secondary N) is 2. The molecule has 0 aromatic carbocycles. The lowest BCUT2D eigenvalue weighted by Gasteiger charge is -2.38. The first-order chi connectivity index (χ1) is 12.3. The maximum absolute atomic E-state index is 4.61. The van der Waals surface area contributed by atoms with Gasteiger partial charge in [0.25, 0.3) is 0 Å². The van der Waals surface area contributed by atoms with E-state index in [1.54, 1.807) is 0 Å². The summed E-state index contributed by atoms with van der Waals surface area (Å²) in [5.74, 6) is 0.953. The second kappa shape index (κ2) is 7.56. The Morgan fingerprint density at radius 2 is 2.20 bits per heavy atom. The fourth-order valence-electron chi connectivity index (χ4n) is 3.96. The van der Waals surface area contributed by atoms with Crippen molar-refractivity contribution in [2.75, 3.05) is 5.32 Å². The van der Waals surface area contributed by atoms with Crippen molar-refractivity contribution in [2.24, 2.45) is 5.92 Å². The Morgan fingerprint density at radius 1 is 1.36 bits per heavy atom. The van der Waals surface area contributed by atoms with E-state index in [1.165, 1.54) is 16.8 Å². The first kappa shape index (κ1) is 17.3. The van der Waals surface area contributed by atoms with Gasteiger partial charge in [-0.15, -0.1) is 0 Å². The molecule has 3 heteroatoms. The Labute approximate surface area is 150 Å². The molecule has 0 amide bonds. The zero-order valence-electron chi connectivity index (χ0n) is 15.3. The molecule has 3 nitrogen and oxygen atoms in total. The first-order valence-corrected chi connectivity index (χ1v) is 9.18. The summed E-state index contributed by atoms with van der Waals surface area (Å²) in [5.41, 5.74) is 5.88. The normalized spacial score (nSPS) is 24.4. The third-order valence-corrected chi connectivity index (χ3v) is 4.93. The zero-order chi connectivity index (χ0) is 17.8. The third-order valence-electron chi connectivity index (χ3n) is 4.93. The average Bonchev–Trinajstić information content (AvgIpc) is 3.31. The molecule has 0 saturated carbocycles. The molecule has 2 aromatic rings. The lowest BCUT2D eigenvalue weighted by Crippen LogP contribution is -2.37. The van der Waals surface area contributed by atoms with Crippen LogP contribution in [-0.4, -0.2) is 16.0 Å². The van der Waals surface area contributed by atoms with Crippen molar-refractivity contribution in [1.82, 2.24) is 9.97 Å². The van der Waals surface area contributed by atoms with Crippen molar-refractivity contribution in [2.45, 2.75) is 39.2 Å². The Bertz CT molecular complexity index is 838. The van der Waals surface area contributed by atoms with E-state index >= 15 is 0 Å². The minimum Gasteiger partial charge on any atom is -0.376 e. The number of nitrogens with zero attached hydrogens (tertiary/aromatic N) is 1. The number of H-pyrrole nitrogens is 1. The molecule has 130 valence electrons. The van der Waals surface area contributed by atoms with Crippen LogP contribution in [0, 0.1) is 5.92 Å². The second-order valence-corrected chi connectivity index (χ2v) is 6.20. The van der Waals surface area contributed by atoms with E-state index in [-0.39, 0.29) is 6.04 Å². The van der Waals surface area contributed by atoms with E-state index < -0.39 is 0 Å². The van der Waals surface area contributed by atoms with Gasteiger partial charge in [0, 0.05) is 23.9 Å². The van der Waals surface area contributed by atoms with Crippen LogP contribution < -0.4 is 5.32 Å². The zero-order valence-corrected chi connectivity index (χ0v) is 15.3. The number of anilines is 1. The highest BCUT2D eigenvalue weighted by atomic mass is 15.0. The predicted octanol–water partition coefficient (Wildman–Crippen LogP) is 5.73. The topological polar surface area (TPSA) is 40.7 Å². The van der Waals surface area contributed by atoms with Gasteiger partial charge in [-0.05, 0) is 30.9 Å². The van der Waals surface area contributed by atoms with Crippen LogP contribution in [0.3, 0.4) is 0 Å². The number of fused-ring (bicyclic) bond motifs is 5. The smallest absolute Gasteiger partial charge is 0.0900 e. The summed E-state index contributed by atoms with van der Waals surface area (Å²) in [6, 6.07) is 2.31. The molecule has 2 N–H and O–H groups in total. The molecule has 0 fully saturated rings.